The van der Waals surface area contributed by atoms with Crippen LogP contribution in [0, 0.1) is 5.21 Å². The van der Waals surface area contributed by atoms with Gasteiger partial charge in [-0.1, -0.05) is 60.3 Å². The van der Waals surface area contributed by atoms with E-state index in [9.17, 15) is 19.9 Å². The van der Waals surface area contributed by atoms with Crippen molar-refractivity contribution in [3.63, 3.8) is 0 Å². The summed E-state index contributed by atoms with van der Waals surface area (Å²) in [5, 5.41) is 33.6. The van der Waals surface area contributed by atoms with Crippen LogP contribution in [0.25, 0.3) is 0 Å². The predicted octanol–water partition coefficient (Wildman–Crippen LogP) is 4.02. The first-order valence-electron chi connectivity index (χ1n) is 12.8. The molecule has 3 aromatic rings. The fourth-order valence-corrected chi connectivity index (χ4v) is 5.14. The van der Waals surface area contributed by atoms with Crippen LogP contribution in [0.15, 0.2) is 78.0 Å². The quantitative estimate of drug-likeness (QED) is 0.174. The van der Waals surface area contributed by atoms with Crippen molar-refractivity contribution < 1.29 is 34.0 Å². The lowest BCUT2D eigenvalue weighted by Gasteiger charge is -2.36. The maximum absolute atomic E-state index is 12.1. The minimum absolute atomic E-state index is 0.0296. The molecule has 1 aromatic heterocycles. The zero-order valence-corrected chi connectivity index (χ0v) is 22.2. The normalized spacial score (nSPS) is 18.9. The zero-order chi connectivity index (χ0) is 27.6. The third-order valence-electron chi connectivity index (χ3n) is 6.36. The van der Waals surface area contributed by atoms with Crippen molar-refractivity contribution in [3.8, 4) is 0 Å². The number of aromatic nitrogens is 1. The number of amides is 1. The topological polar surface area (TPSA) is 132 Å². The van der Waals surface area contributed by atoms with E-state index in [1.165, 1.54) is 18.0 Å². The van der Waals surface area contributed by atoms with Gasteiger partial charge in [-0.25, -0.2) is 0 Å². The SMILES string of the molecule is O=C(O)CCCC(=O)NCc1ccc(C2OC(CSc3cccc[n+]3[O-])CC(c3ccc(CO)cc3)O2)cc1. The van der Waals surface area contributed by atoms with Crippen molar-refractivity contribution in [1.29, 1.82) is 0 Å². The predicted molar refractivity (Wildman–Crippen MR) is 144 cm³/mol. The van der Waals surface area contributed by atoms with Gasteiger partial charge in [0.25, 0.3) is 5.03 Å². The Balaban J connectivity index is 1.41. The first-order chi connectivity index (χ1) is 18.9. The van der Waals surface area contributed by atoms with Gasteiger partial charge < -0.3 is 30.2 Å². The Hall–Kier alpha value is -3.44. The molecule has 2 heterocycles. The number of carbonyl (C=O) groups is 2. The summed E-state index contributed by atoms with van der Waals surface area (Å²) in [5.41, 5.74) is 3.53. The molecule has 0 spiro atoms. The van der Waals surface area contributed by atoms with Crippen molar-refractivity contribution in [2.45, 2.75) is 62.4 Å². The molecule has 4 rings (SSSR count). The number of nitrogens with one attached hydrogen (secondary N) is 1. The Labute approximate surface area is 231 Å². The summed E-state index contributed by atoms with van der Waals surface area (Å²) >= 11 is 1.44. The second-order valence-corrected chi connectivity index (χ2v) is 10.3. The fourth-order valence-electron chi connectivity index (χ4n) is 4.21. The standard InChI is InChI=1S/C29H32N2O7S/c32-18-21-9-11-22(12-10-21)25-16-24(19-39-27-5-1-2-15-31(27)36)37-29(38-25)23-13-7-20(8-14-23)17-30-26(33)4-3-6-28(34)35/h1-2,5,7-15,24-25,29,32H,3-4,6,16-19H2,(H,30,33)(H,34,35). The summed E-state index contributed by atoms with van der Waals surface area (Å²) in [6.07, 6.45) is 1.49. The van der Waals surface area contributed by atoms with E-state index < -0.39 is 12.3 Å². The molecule has 3 atom stereocenters. The van der Waals surface area contributed by atoms with E-state index in [2.05, 4.69) is 5.32 Å². The number of aliphatic hydroxyl groups excluding tert-OH is 1. The van der Waals surface area contributed by atoms with E-state index >= 15 is 0 Å². The lowest BCUT2D eigenvalue weighted by molar-refractivity contribution is -0.645. The number of hydrogen-bond acceptors (Lipinski definition) is 7. The Morgan fingerprint density at radius 1 is 0.974 bits per heavy atom. The molecule has 0 saturated carbocycles. The Morgan fingerprint density at radius 3 is 2.38 bits per heavy atom. The van der Waals surface area contributed by atoms with Crippen molar-refractivity contribution in [3.05, 3.63) is 100 Å². The van der Waals surface area contributed by atoms with Gasteiger partial charge in [0.2, 0.25) is 5.91 Å². The molecule has 1 aliphatic heterocycles. The largest absolute Gasteiger partial charge is 0.618 e. The highest BCUT2D eigenvalue weighted by Gasteiger charge is 2.32. The highest BCUT2D eigenvalue weighted by atomic mass is 32.2. The Bertz CT molecular complexity index is 1240. The number of benzene rings is 2. The molecule has 0 aliphatic carbocycles. The minimum Gasteiger partial charge on any atom is -0.618 e. The van der Waals surface area contributed by atoms with Crippen molar-refractivity contribution in [2.75, 3.05) is 5.75 Å². The maximum Gasteiger partial charge on any atom is 0.303 e. The van der Waals surface area contributed by atoms with Crippen molar-refractivity contribution in [1.82, 2.24) is 5.32 Å². The molecule has 1 saturated heterocycles. The highest BCUT2D eigenvalue weighted by molar-refractivity contribution is 7.99. The first-order valence-corrected chi connectivity index (χ1v) is 13.8. The summed E-state index contributed by atoms with van der Waals surface area (Å²) < 4.78 is 13.5. The molecule has 9 nitrogen and oxygen atoms in total. The van der Waals surface area contributed by atoms with Crippen LogP contribution in [0.2, 0.25) is 0 Å². The molecule has 2 aromatic carbocycles. The number of pyridine rings is 1. The third-order valence-corrected chi connectivity index (χ3v) is 7.51. The van der Waals surface area contributed by atoms with Crippen LogP contribution in [0.4, 0.5) is 0 Å². The Morgan fingerprint density at radius 2 is 1.69 bits per heavy atom. The van der Waals surface area contributed by atoms with Gasteiger partial charge in [0.1, 0.15) is 0 Å². The van der Waals surface area contributed by atoms with Crippen LogP contribution in [0.1, 0.15) is 60.3 Å². The van der Waals surface area contributed by atoms with Crippen LogP contribution < -0.4 is 10.0 Å². The van der Waals surface area contributed by atoms with Gasteiger partial charge in [-0.2, -0.15) is 4.73 Å². The molecule has 1 amide bonds. The van der Waals surface area contributed by atoms with Crippen LogP contribution >= 0.6 is 11.8 Å². The van der Waals surface area contributed by atoms with Gasteiger partial charge in [0.05, 0.1) is 18.8 Å². The van der Waals surface area contributed by atoms with Crippen LogP contribution in [-0.2, 0) is 32.2 Å². The molecular formula is C29H32N2O7S. The fraction of sp³-hybridized carbons (Fsp3) is 0.345. The van der Waals surface area contributed by atoms with E-state index in [1.807, 2.05) is 54.6 Å². The summed E-state index contributed by atoms with van der Waals surface area (Å²) in [6, 6.07) is 20.6. The van der Waals surface area contributed by atoms with E-state index in [4.69, 9.17) is 14.6 Å². The molecule has 10 heteroatoms. The molecular weight excluding hydrogens is 520 g/mol. The van der Waals surface area contributed by atoms with Gasteiger partial charge in [-0.05, 0) is 29.2 Å². The average Bonchev–Trinajstić information content (AvgIpc) is 2.95. The molecule has 3 N–H and O–H groups in total. The number of aliphatic carboxylic acids is 1. The van der Waals surface area contributed by atoms with Crippen LogP contribution in [-0.4, -0.2) is 33.9 Å². The number of aliphatic hydroxyl groups is 1. The molecule has 39 heavy (non-hydrogen) atoms. The number of thioether (sulfide) groups is 1. The maximum atomic E-state index is 12.1. The molecule has 206 valence electrons. The number of ether oxygens (including phenoxy) is 2. The molecule has 1 fully saturated rings. The second-order valence-electron chi connectivity index (χ2n) is 9.29. The minimum atomic E-state index is -0.912. The number of carboxylic acids is 1. The van der Waals surface area contributed by atoms with Crippen molar-refractivity contribution in [2.24, 2.45) is 0 Å². The average molecular weight is 553 g/mol. The summed E-state index contributed by atoms with van der Waals surface area (Å²) in [7, 11) is 0. The summed E-state index contributed by atoms with van der Waals surface area (Å²) in [4.78, 5) is 22.6. The van der Waals surface area contributed by atoms with Crippen molar-refractivity contribution >= 4 is 23.6 Å². The van der Waals surface area contributed by atoms with E-state index in [0.29, 0.717) is 30.2 Å². The molecule has 3 unspecified atom stereocenters. The molecule has 0 radical (unpaired) electrons. The van der Waals surface area contributed by atoms with E-state index in [1.54, 1.807) is 12.1 Å². The van der Waals surface area contributed by atoms with Gasteiger partial charge >= 0.3 is 5.97 Å². The van der Waals surface area contributed by atoms with Gasteiger partial charge in [-0.3, -0.25) is 9.59 Å². The zero-order valence-electron chi connectivity index (χ0n) is 21.4. The van der Waals surface area contributed by atoms with Gasteiger partial charge in [0.15, 0.2) is 12.5 Å². The van der Waals surface area contributed by atoms with E-state index in [-0.39, 0.29) is 37.6 Å². The van der Waals surface area contributed by atoms with Crippen LogP contribution in [0.5, 0.6) is 0 Å². The molecule has 1 aliphatic rings. The lowest BCUT2D eigenvalue weighted by Crippen LogP contribution is -2.32. The van der Waals surface area contributed by atoms with E-state index in [0.717, 1.165) is 27.0 Å². The number of hydrogen-bond donors (Lipinski definition) is 3. The third kappa shape index (κ3) is 8.52. The monoisotopic (exact) mass is 552 g/mol. The highest BCUT2D eigenvalue weighted by Crippen LogP contribution is 2.39. The number of rotatable bonds is 12. The van der Waals surface area contributed by atoms with Gasteiger partial charge in [0, 0.05) is 49.3 Å². The summed E-state index contributed by atoms with van der Waals surface area (Å²) in [6.45, 7) is 0.308. The number of nitrogens with zero attached hydrogens (tertiary/aromatic N) is 1. The first kappa shape index (κ1) is 28.6. The smallest absolute Gasteiger partial charge is 0.303 e. The Kier molecular flexibility index (Phi) is 10.3. The van der Waals surface area contributed by atoms with Crippen LogP contribution in [0.3, 0.4) is 0 Å². The number of carbonyl (C=O) groups excluding carboxylic acids is 1. The van der Waals surface area contributed by atoms with Gasteiger partial charge in [-0.15, -0.1) is 0 Å². The second kappa shape index (κ2) is 14.1. The molecule has 0 bridgehead atoms. The summed E-state index contributed by atoms with van der Waals surface area (Å²) in [5.74, 6) is -0.527. The lowest BCUT2D eigenvalue weighted by atomic mass is 10.0. The number of carboxylic acid groups (broad SMARTS) is 1.